The van der Waals surface area contributed by atoms with E-state index in [1.807, 2.05) is 6.07 Å². The summed E-state index contributed by atoms with van der Waals surface area (Å²) in [7, 11) is -1.83. The first-order chi connectivity index (χ1) is 12.8. The van der Waals surface area contributed by atoms with Crippen LogP contribution in [-0.2, 0) is 16.3 Å². The van der Waals surface area contributed by atoms with Gasteiger partial charge in [0.05, 0.1) is 9.79 Å². The molecule has 4 nitrogen and oxygen atoms in total. The minimum absolute atomic E-state index is 0. The van der Waals surface area contributed by atoms with Crippen molar-refractivity contribution in [2.75, 3.05) is 31.6 Å². The van der Waals surface area contributed by atoms with Gasteiger partial charge in [0.25, 0.3) is 0 Å². The summed E-state index contributed by atoms with van der Waals surface area (Å²) in [5, 5.41) is 0. The molecule has 1 fully saturated rings. The molecule has 0 bridgehead atoms. The van der Waals surface area contributed by atoms with E-state index in [1.165, 1.54) is 0 Å². The molecule has 0 atom stereocenters. The van der Waals surface area contributed by atoms with Crippen LogP contribution in [0, 0.1) is 11.6 Å². The Morgan fingerprint density at radius 1 is 0.929 bits per heavy atom. The molecule has 0 aromatic heterocycles. The Labute approximate surface area is 170 Å². The smallest absolute Gasteiger partial charge is 0.206 e. The molecule has 2 aromatic rings. The molecule has 2 aromatic carbocycles. The van der Waals surface area contributed by atoms with Crippen molar-refractivity contribution in [2.24, 2.45) is 0 Å². The lowest BCUT2D eigenvalue weighted by Crippen LogP contribution is -2.43. The van der Waals surface area contributed by atoms with Gasteiger partial charge in [-0.05, 0) is 75.3 Å². The van der Waals surface area contributed by atoms with E-state index in [-0.39, 0.29) is 22.2 Å². The highest BCUT2D eigenvalue weighted by Gasteiger charge is 2.30. The fourth-order valence-corrected chi connectivity index (χ4v) is 5.43. The van der Waals surface area contributed by atoms with E-state index in [0.29, 0.717) is 12.1 Å². The normalized spacial score (nSPS) is 18.0. The second kappa shape index (κ2) is 7.97. The summed E-state index contributed by atoms with van der Waals surface area (Å²) >= 11 is 0. The van der Waals surface area contributed by atoms with Crippen LogP contribution < -0.4 is 4.90 Å². The number of hydrogen-bond donors (Lipinski definition) is 0. The highest BCUT2D eigenvalue weighted by molar-refractivity contribution is 7.91. The maximum atomic E-state index is 13.5. The molecule has 152 valence electrons. The van der Waals surface area contributed by atoms with E-state index >= 15 is 0 Å². The summed E-state index contributed by atoms with van der Waals surface area (Å²) in [5.41, 5.74) is 2.06. The molecule has 0 amide bonds. The van der Waals surface area contributed by atoms with E-state index < -0.39 is 21.5 Å². The number of anilines is 1. The van der Waals surface area contributed by atoms with Gasteiger partial charge < -0.3 is 9.80 Å². The summed E-state index contributed by atoms with van der Waals surface area (Å²) in [6, 6.07) is 7.89. The molecule has 2 aliphatic heterocycles. The van der Waals surface area contributed by atoms with E-state index in [0.717, 1.165) is 62.3 Å². The number of rotatable bonds is 3. The Balaban J connectivity index is 0.00000225. The standard InChI is InChI=1S/C20H22F2N2O2S.ClH/c1-23-7-5-17(6-8-23)24-9-4-14-10-18(2-3-20(14)24)27(25,26)19-12-15(21)11-16(22)13-19;/h2-3,10-13,17H,4-9H2,1H3;1H. The minimum Gasteiger partial charge on any atom is -0.368 e. The highest BCUT2D eigenvalue weighted by atomic mass is 35.5. The first-order valence-corrected chi connectivity index (χ1v) is 10.6. The van der Waals surface area contributed by atoms with Crippen molar-refractivity contribution in [3.8, 4) is 0 Å². The van der Waals surface area contributed by atoms with Crippen LogP contribution in [0.5, 0.6) is 0 Å². The van der Waals surface area contributed by atoms with Crippen molar-refractivity contribution in [1.82, 2.24) is 4.90 Å². The van der Waals surface area contributed by atoms with Crippen LogP contribution in [0.1, 0.15) is 18.4 Å². The number of fused-ring (bicyclic) bond motifs is 1. The number of benzene rings is 2. The molecule has 8 heteroatoms. The van der Waals surface area contributed by atoms with Gasteiger partial charge in [0.1, 0.15) is 11.6 Å². The van der Waals surface area contributed by atoms with E-state index in [1.54, 1.807) is 12.1 Å². The van der Waals surface area contributed by atoms with Gasteiger partial charge in [0, 0.05) is 24.3 Å². The van der Waals surface area contributed by atoms with Crippen LogP contribution in [0.4, 0.5) is 14.5 Å². The highest BCUT2D eigenvalue weighted by Crippen LogP contribution is 2.35. The number of likely N-dealkylation sites (tertiary alicyclic amines) is 1. The van der Waals surface area contributed by atoms with Crippen LogP contribution in [0.15, 0.2) is 46.2 Å². The van der Waals surface area contributed by atoms with Crippen molar-refractivity contribution < 1.29 is 17.2 Å². The Morgan fingerprint density at radius 2 is 1.57 bits per heavy atom. The van der Waals surface area contributed by atoms with Gasteiger partial charge in [-0.3, -0.25) is 0 Å². The van der Waals surface area contributed by atoms with Gasteiger partial charge in [-0.25, -0.2) is 17.2 Å². The fraction of sp³-hybridized carbons (Fsp3) is 0.400. The van der Waals surface area contributed by atoms with Gasteiger partial charge >= 0.3 is 0 Å². The first-order valence-electron chi connectivity index (χ1n) is 9.14. The zero-order chi connectivity index (χ0) is 19.2. The topological polar surface area (TPSA) is 40.6 Å². The lowest BCUT2D eigenvalue weighted by Gasteiger charge is -2.36. The Bertz CT molecular complexity index is 956. The van der Waals surface area contributed by atoms with Gasteiger partial charge in [0.15, 0.2) is 0 Å². The molecule has 4 rings (SSSR count). The predicted molar refractivity (Wildman–Crippen MR) is 107 cm³/mol. The van der Waals surface area contributed by atoms with Gasteiger partial charge in [-0.1, -0.05) is 0 Å². The van der Waals surface area contributed by atoms with Crippen LogP contribution in [0.25, 0.3) is 0 Å². The molecule has 0 saturated carbocycles. The van der Waals surface area contributed by atoms with Gasteiger partial charge in [0.2, 0.25) is 9.84 Å². The average Bonchev–Trinajstić information content (AvgIpc) is 3.05. The lowest BCUT2D eigenvalue weighted by atomic mass is 10.0. The molecular weight excluding hydrogens is 406 g/mol. The van der Waals surface area contributed by atoms with Crippen LogP contribution in [0.3, 0.4) is 0 Å². The largest absolute Gasteiger partial charge is 0.368 e. The quantitative estimate of drug-likeness (QED) is 0.747. The Hall–Kier alpha value is -1.70. The van der Waals surface area contributed by atoms with Gasteiger partial charge in [-0.15, -0.1) is 12.4 Å². The second-order valence-corrected chi connectivity index (χ2v) is 9.33. The maximum Gasteiger partial charge on any atom is 0.206 e. The van der Waals surface area contributed by atoms with Crippen molar-refractivity contribution in [1.29, 1.82) is 0 Å². The SMILES string of the molecule is CN1CCC(N2CCc3cc(S(=O)(=O)c4cc(F)cc(F)c4)ccc32)CC1.Cl. The Kier molecular flexibility index (Phi) is 5.98. The number of halogens is 3. The third-order valence-electron chi connectivity index (χ3n) is 5.57. The third kappa shape index (κ3) is 3.88. The maximum absolute atomic E-state index is 13.5. The molecule has 0 radical (unpaired) electrons. The van der Waals surface area contributed by atoms with E-state index in [2.05, 4.69) is 16.8 Å². The molecule has 0 spiro atoms. The van der Waals surface area contributed by atoms with Crippen molar-refractivity contribution >= 4 is 27.9 Å². The minimum atomic E-state index is -3.96. The zero-order valence-corrected chi connectivity index (χ0v) is 17.2. The summed E-state index contributed by atoms with van der Waals surface area (Å²) in [6.07, 6.45) is 2.97. The average molecular weight is 429 g/mol. The summed E-state index contributed by atoms with van der Waals surface area (Å²) in [5.74, 6) is -1.80. The van der Waals surface area contributed by atoms with Crippen LogP contribution in [-0.4, -0.2) is 46.0 Å². The molecule has 0 unspecified atom stereocenters. The number of piperidine rings is 1. The van der Waals surface area contributed by atoms with Crippen molar-refractivity contribution in [3.63, 3.8) is 0 Å². The van der Waals surface area contributed by atoms with Crippen molar-refractivity contribution in [2.45, 2.75) is 35.1 Å². The number of sulfone groups is 1. The number of hydrogen-bond acceptors (Lipinski definition) is 4. The predicted octanol–water partition coefficient (Wildman–Crippen LogP) is 3.68. The van der Waals surface area contributed by atoms with Crippen LogP contribution >= 0.6 is 12.4 Å². The lowest BCUT2D eigenvalue weighted by molar-refractivity contribution is 0.251. The fourth-order valence-electron chi connectivity index (χ4n) is 4.08. The van der Waals surface area contributed by atoms with Crippen LogP contribution in [0.2, 0.25) is 0 Å². The second-order valence-electron chi connectivity index (χ2n) is 7.38. The molecule has 28 heavy (non-hydrogen) atoms. The third-order valence-corrected chi connectivity index (χ3v) is 7.30. The molecule has 2 heterocycles. The molecular formula is C20H23ClF2N2O2S. The zero-order valence-electron chi connectivity index (χ0n) is 15.6. The first kappa shape index (κ1) is 21.0. The molecule has 1 saturated heterocycles. The summed E-state index contributed by atoms with van der Waals surface area (Å²) in [4.78, 5) is 4.42. The van der Waals surface area contributed by atoms with Crippen molar-refractivity contribution in [3.05, 3.63) is 53.6 Å². The van der Waals surface area contributed by atoms with E-state index in [4.69, 9.17) is 0 Å². The molecule has 0 N–H and O–H groups in total. The Morgan fingerprint density at radius 3 is 2.21 bits per heavy atom. The molecule has 2 aliphatic rings. The monoisotopic (exact) mass is 428 g/mol. The van der Waals surface area contributed by atoms with Gasteiger partial charge in [-0.2, -0.15) is 0 Å². The molecule has 0 aliphatic carbocycles. The number of nitrogens with zero attached hydrogens (tertiary/aromatic N) is 2. The summed E-state index contributed by atoms with van der Waals surface area (Å²) in [6.45, 7) is 3.00. The van der Waals surface area contributed by atoms with E-state index in [9.17, 15) is 17.2 Å². The summed E-state index contributed by atoms with van der Waals surface area (Å²) < 4.78 is 52.5.